The molecule has 0 aliphatic heterocycles. The summed E-state index contributed by atoms with van der Waals surface area (Å²) in [5.41, 5.74) is 0.289. The summed E-state index contributed by atoms with van der Waals surface area (Å²) < 4.78 is 9.86. The van der Waals surface area contributed by atoms with Crippen LogP contribution < -0.4 is 16.0 Å². The summed E-state index contributed by atoms with van der Waals surface area (Å²) in [6, 6.07) is 1.77. The van der Waals surface area contributed by atoms with Crippen molar-refractivity contribution in [3.63, 3.8) is 0 Å². The Kier molecular flexibility index (Phi) is 6.51. The average molecular weight is 297 g/mol. The number of hydrogen-bond donors (Lipinski definition) is 3. The van der Waals surface area contributed by atoms with Crippen LogP contribution in [0, 0.1) is 0 Å². The molecule has 0 spiro atoms. The zero-order chi connectivity index (χ0) is 15.7. The number of rotatable bonds is 5. The van der Waals surface area contributed by atoms with Crippen LogP contribution in [0.4, 0.5) is 4.79 Å². The highest BCUT2D eigenvalue weighted by Gasteiger charge is 2.15. The van der Waals surface area contributed by atoms with E-state index in [0.717, 1.165) is 5.69 Å². The van der Waals surface area contributed by atoms with E-state index in [1.54, 1.807) is 13.1 Å². The molecule has 0 bridgehead atoms. The second-order valence-electron chi connectivity index (χ2n) is 5.27. The molecule has 0 fully saturated rings. The van der Waals surface area contributed by atoms with Gasteiger partial charge in [-0.25, -0.2) is 4.79 Å². The van der Waals surface area contributed by atoms with Crippen molar-refractivity contribution >= 4 is 12.1 Å². The average Bonchev–Trinajstić information content (AvgIpc) is 2.89. The molecule has 1 rings (SSSR count). The van der Waals surface area contributed by atoms with Crippen molar-refractivity contribution in [2.75, 3.05) is 20.1 Å². The lowest BCUT2D eigenvalue weighted by Crippen LogP contribution is -2.42. The van der Waals surface area contributed by atoms with E-state index in [1.807, 2.05) is 20.8 Å². The Morgan fingerprint density at radius 2 is 2.05 bits per heavy atom. The summed E-state index contributed by atoms with van der Waals surface area (Å²) in [5, 5.41) is 12.6. The zero-order valence-corrected chi connectivity index (χ0v) is 12.9. The second-order valence-corrected chi connectivity index (χ2v) is 5.27. The molecule has 0 atom stereocenters. The summed E-state index contributed by atoms with van der Waals surface area (Å²) >= 11 is 0. The number of nitrogens with zero attached hydrogens (tertiary/aromatic N) is 2. The lowest BCUT2D eigenvalue weighted by molar-refractivity contribution is 0.0529. The molecule has 1 heterocycles. The number of guanidine groups is 1. The molecule has 1 aromatic heterocycles. The van der Waals surface area contributed by atoms with E-state index in [1.165, 1.54) is 6.26 Å². The Balaban J connectivity index is 2.16. The number of carbonyl (C=O) groups is 1. The lowest BCUT2D eigenvalue weighted by atomic mass is 10.2. The van der Waals surface area contributed by atoms with Crippen LogP contribution in [0.2, 0.25) is 0 Å². The summed E-state index contributed by atoms with van der Waals surface area (Å²) in [6.45, 7) is 6.93. The maximum atomic E-state index is 11.4. The molecule has 0 radical (unpaired) electrons. The van der Waals surface area contributed by atoms with Crippen LogP contribution in [0.5, 0.6) is 0 Å². The van der Waals surface area contributed by atoms with E-state index in [4.69, 9.17) is 9.26 Å². The van der Waals surface area contributed by atoms with E-state index >= 15 is 0 Å². The fourth-order valence-electron chi connectivity index (χ4n) is 1.38. The van der Waals surface area contributed by atoms with E-state index in [0.29, 0.717) is 25.6 Å². The van der Waals surface area contributed by atoms with Crippen molar-refractivity contribution in [2.24, 2.45) is 4.99 Å². The van der Waals surface area contributed by atoms with Gasteiger partial charge in [-0.15, -0.1) is 0 Å². The van der Waals surface area contributed by atoms with Crippen LogP contribution in [0.25, 0.3) is 0 Å². The van der Waals surface area contributed by atoms with Crippen molar-refractivity contribution in [1.29, 1.82) is 0 Å². The van der Waals surface area contributed by atoms with Crippen molar-refractivity contribution in [1.82, 2.24) is 21.1 Å². The molecule has 0 aliphatic carbocycles. The Morgan fingerprint density at radius 1 is 1.33 bits per heavy atom. The first-order valence-electron chi connectivity index (χ1n) is 6.71. The van der Waals surface area contributed by atoms with Crippen LogP contribution in [0.15, 0.2) is 21.8 Å². The van der Waals surface area contributed by atoms with Gasteiger partial charge in [0.1, 0.15) is 17.6 Å². The third-order valence-electron chi connectivity index (χ3n) is 2.24. The quantitative estimate of drug-likeness (QED) is 0.423. The molecule has 0 unspecified atom stereocenters. The van der Waals surface area contributed by atoms with Crippen molar-refractivity contribution in [3.8, 4) is 0 Å². The number of carbonyl (C=O) groups excluding carboxylic acids is 1. The minimum absolute atomic E-state index is 0.430. The van der Waals surface area contributed by atoms with Gasteiger partial charge in [0.05, 0.1) is 6.54 Å². The standard InChI is InChI=1S/C13H23N5O3/c1-13(2,3)21-12(19)16-7-6-15-11(14-4)17-9-10-5-8-20-18-10/h5,8H,6-7,9H2,1-4H3,(H,16,19)(H2,14,15,17). The first-order valence-corrected chi connectivity index (χ1v) is 6.71. The molecule has 3 N–H and O–H groups in total. The van der Waals surface area contributed by atoms with Gasteiger partial charge in [0.15, 0.2) is 5.96 Å². The number of amides is 1. The molecule has 0 aliphatic rings. The smallest absolute Gasteiger partial charge is 0.407 e. The monoisotopic (exact) mass is 297 g/mol. The van der Waals surface area contributed by atoms with Crippen molar-refractivity contribution in [3.05, 3.63) is 18.0 Å². The fourth-order valence-corrected chi connectivity index (χ4v) is 1.38. The Hall–Kier alpha value is -2.25. The van der Waals surface area contributed by atoms with Crippen LogP contribution in [0.1, 0.15) is 26.5 Å². The summed E-state index contributed by atoms with van der Waals surface area (Å²) in [4.78, 5) is 15.5. The Labute approximate surface area is 124 Å². The molecule has 0 saturated heterocycles. The van der Waals surface area contributed by atoms with Gasteiger partial charge in [0, 0.05) is 26.2 Å². The van der Waals surface area contributed by atoms with Gasteiger partial charge < -0.3 is 25.2 Å². The summed E-state index contributed by atoms with van der Waals surface area (Å²) in [6.07, 6.45) is 1.08. The maximum absolute atomic E-state index is 11.4. The van der Waals surface area contributed by atoms with Crippen LogP contribution in [-0.4, -0.2) is 42.9 Å². The molecular weight excluding hydrogens is 274 g/mol. The predicted molar refractivity (Wildman–Crippen MR) is 78.9 cm³/mol. The molecule has 8 nitrogen and oxygen atoms in total. The van der Waals surface area contributed by atoms with Gasteiger partial charge in [0.2, 0.25) is 0 Å². The van der Waals surface area contributed by atoms with Gasteiger partial charge in [-0.1, -0.05) is 5.16 Å². The minimum atomic E-state index is -0.493. The van der Waals surface area contributed by atoms with Crippen LogP contribution in [0.3, 0.4) is 0 Å². The lowest BCUT2D eigenvalue weighted by Gasteiger charge is -2.19. The normalized spacial score (nSPS) is 11.9. The van der Waals surface area contributed by atoms with E-state index in [9.17, 15) is 4.79 Å². The van der Waals surface area contributed by atoms with Gasteiger partial charge in [-0.2, -0.15) is 0 Å². The number of hydrogen-bond acceptors (Lipinski definition) is 5. The van der Waals surface area contributed by atoms with Gasteiger partial charge in [-0.05, 0) is 20.8 Å². The van der Waals surface area contributed by atoms with Crippen LogP contribution >= 0.6 is 0 Å². The molecule has 0 saturated carbocycles. The molecular formula is C13H23N5O3. The zero-order valence-electron chi connectivity index (χ0n) is 12.9. The number of nitrogens with one attached hydrogen (secondary N) is 3. The first kappa shape index (κ1) is 16.8. The maximum Gasteiger partial charge on any atom is 0.407 e. The highest BCUT2D eigenvalue weighted by atomic mass is 16.6. The highest BCUT2D eigenvalue weighted by Crippen LogP contribution is 2.05. The van der Waals surface area contributed by atoms with Crippen molar-refractivity contribution < 1.29 is 14.1 Å². The first-order chi connectivity index (χ1) is 9.90. The van der Waals surface area contributed by atoms with E-state index in [-0.39, 0.29) is 0 Å². The SMILES string of the molecule is CN=C(NCCNC(=O)OC(C)(C)C)NCc1ccon1. The van der Waals surface area contributed by atoms with Crippen LogP contribution in [-0.2, 0) is 11.3 Å². The number of aliphatic imine (C=N–C) groups is 1. The minimum Gasteiger partial charge on any atom is -0.444 e. The second kappa shape index (κ2) is 8.13. The third kappa shape index (κ3) is 7.81. The van der Waals surface area contributed by atoms with Gasteiger partial charge >= 0.3 is 6.09 Å². The number of alkyl carbamates (subject to hydrolysis) is 1. The largest absolute Gasteiger partial charge is 0.444 e. The van der Waals surface area contributed by atoms with E-state index in [2.05, 4.69) is 26.1 Å². The highest BCUT2D eigenvalue weighted by molar-refractivity contribution is 5.79. The topological polar surface area (TPSA) is 101 Å². The predicted octanol–water partition coefficient (Wildman–Crippen LogP) is 0.864. The fraction of sp³-hybridized carbons (Fsp3) is 0.615. The Bertz CT molecular complexity index is 451. The molecule has 1 aromatic rings. The third-order valence-corrected chi connectivity index (χ3v) is 2.24. The van der Waals surface area contributed by atoms with Gasteiger partial charge in [-0.3, -0.25) is 4.99 Å². The number of aromatic nitrogens is 1. The van der Waals surface area contributed by atoms with Crippen molar-refractivity contribution in [2.45, 2.75) is 32.9 Å². The summed E-state index contributed by atoms with van der Waals surface area (Å²) in [5.74, 6) is 0.615. The molecule has 118 valence electrons. The molecule has 8 heteroatoms. The molecule has 21 heavy (non-hydrogen) atoms. The Morgan fingerprint density at radius 3 is 2.62 bits per heavy atom. The van der Waals surface area contributed by atoms with E-state index < -0.39 is 11.7 Å². The molecule has 1 amide bonds. The summed E-state index contributed by atoms with van der Waals surface area (Å²) in [7, 11) is 1.67. The molecule has 0 aromatic carbocycles. The number of ether oxygens (including phenoxy) is 1. The van der Waals surface area contributed by atoms with Gasteiger partial charge in [0.25, 0.3) is 0 Å².